The maximum Gasteiger partial charge on any atom is 0.303 e. The standard InChI is InChI=1S/C44H72FN7O7S/c1-7-8-19-31(36(53)49-60(58,59)51-25-14-15-26-51)46-38(55)33-28-44(42(5,6)43(44)21-16-22-43)29-52(33)40(57)35(41(2,3)4)48-39(56)34(30-17-10-9-11-18-30)47-37(54)32-20-12-13-24-50(32)27-23-45/h7,30-35H,1,8-29H2,2-6H3,(H,46,55)(H,47,54)(H,48,56)(H,49,53). The molecule has 3 aliphatic heterocycles. The van der Waals surface area contributed by atoms with Crippen LogP contribution in [-0.4, -0.2) is 122 Å². The van der Waals surface area contributed by atoms with Crippen molar-refractivity contribution in [2.75, 3.05) is 39.4 Å². The summed E-state index contributed by atoms with van der Waals surface area (Å²) in [5.41, 5.74) is -1.37. The van der Waals surface area contributed by atoms with Crippen molar-refractivity contribution >= 4 is 39.7 Å². The number of piperidine rings is 1. The fourth-order valence-electron chi connectivity index (χ4n) is 11.9. The molecule has 0 bridgehead atoms. The number of hydrogen-bond acceptors (Lipinski definition) is 8. The Hall–Kier alpha value is -3.11. The number of alkyl halides is 1. The lowest BCUT2D eigenvalue weighted by atomic mass is 9.73. The van der Waals surface area contributed by atoms with Crippen molar-refractivity contribution in [3.8, 4) is 0 Å². The molecule has 3 saturated heterocycles. The number of allylic oxidation sites excluding steroid dienone is 1. The van der Waals surface area contributed by atoms with Crippen LogP contribution < -0.4 is 20.7 Å². The first kappa shape index (κ1) is 46.4. The normalized spacial score (nSPS) is 28.3. The quantitative estimate of drug-likeness (QED) is 0.168. The predicted molar refractivity (Wildman–Crippen MR) is 227 cm³/mol. The van der Waals surface area contributed by atoms with Crippen LogP contribution in [-0.2, 0) is 34.2 Å². The van der Waals surface area contributed by atoms with Gasteiger partial charge in [-0.05, 0) is 99.3 Å². The fraction of sp³-hybridized carbons (Fsp3) is 0.841. The number of halogens is 1. The number of amides is 5. The summed E-state index contributed by atoms with van der Waals surface area (Å²) in [6, 6.07) is -4.67. The third kappa shape index (κ3) is 8.89. The van der Waals surface area contributed by atoms with E-state index in [9.17, 15) is 32.0 Å². The molecule has 4 N–H and O–H groups in total. The lowest BCUT2D eigenvalue weighted by Crippen LogP contribution is -2.63. The Labute approximate surface area is 357 Å². The van der Waals surface area contributed by atoms with E-state index in [0.717, 1.165) is 64.2 Å². The Kier molecular flexibility index (Phi) is 14.2. The van der Waals surface area contributed by atoms with Crippen LogP contribution in [0.4, 0.5) is 4.39 Å². The summed E-state index contributed by atoms with van der Waals surface area (Å²) in [6.45, 7) is 14.9. The van der Waals surface area contributed by atoms with E-state index in [1.807, 2.05) is 25.7 Å². The first-order valence-electron chi connectivity index (χ1n) is 22.8. The van der Waals surface area contributed by atoms with Crippen molar-refractivity contribution in [1.29, 1.82) is 0 Å². The molecule has 6 fully saturated rings. The minimum Gasteiger partial charge on any atom is -0.343 e. The van der Waals surface area contributed by atoms with Crippen molar-refractivity contribution in [3.63, 3.8) is 0 Å². The molecule has 5 amide bonds. The van der Waals surface area contributed by atoms with E-state index >= 15 is 4.79 Å². The van der Waals surface area contributed by atoms with Crippen molar-refractivity contribution in [2.24, 2.45) is 27.6 Å². The molecule has 60 heavy (non-hydrogen) atoms. The van der Waals surface area contributed by atoms with E-state index in [0.29, 0.717) is 58.3 Å². The van der Waals surface area contributed by atoms with Gasteiger partial charge in [0, 0.05) is 31.6 Å². The summed E-state index contributed by atoms with van der Waals surface area (Å²) in [6.07, 6.45) is 13.5. The molecular formula is C44H72FN7O7S. The van der Waals surface area contributed by atoms with E-state index in [4.69, 9.17) is 0 Å². The van der Waals surface area contributed by atoms with Gasteiger partial charge in [0.1, 0.15) is 30.8 Å². The Balaban J connectivity index is 1.26. The number of carbonyl (C=O) groups excluding carboxylic acids is 5. The molecule has 6 aliphatic rings. The average molecular weight is 862 g/mol. The topological polar surface area (TPSA) is 177 Å². The second kappa shape index (κ2) is 18.3. The summed E-state index contributed by atoms with van der Waals surface area (Å²) in [5, 5.41) is 9.03. The van der Waals surface area contributed by atoms with Crippen LogP contribution in [0.25, 0.3) is 0 Å². The van der Waals surface area contributed by atoms with E-state index in [1.54, 1.807) is 11.0 Å². The van der Waals surface area contributed by atoms with Gasteiger partial charge in [0.05, 0.1) is 6.04 Å². The van der Waals surface area contributed by atoms with Gasteiger partial charge in [-0.2, -0.15) is 12.7 Å². The van der Waals surface area contributed by atoms with Crippen LogP contribution in [0.2, 0.25) is 0 Å². The van der Waals surface area contributed by atoms with Crippen molar-refractivity contribution in [3.05, 3.63) is 12.7 Å². The number of fused-ring (bicyclic) bond motifs is 1. The second-order valence-electron chi connectivity index (χ2n) is 20.3. The zero-order valence-electron chi connectivity index (χ0n) is 36.8. The molecule has 6 unspecified atom stereocenters. The van der Waals surface area contributed by atoms with Crippen LogP contribution in [0.1, 0.15) is 137 Å². The highest BCUT2D eigenvalue weighted by Gasteiger charge is 2.85. The zero-order valence-corrected chi connectivity index (χ0v) is 37.6. The molecule has 0 aromatic carbocycles. The number of hydrogen-bond donors (Lipinski definition) is 4. The van der Waals surface area contributed by atoms with Gasteiger partial charge < -0.3 is 20.9 Å². The molecule has 338 valence electrons. The lowest BCUT2D eigenvalue weighted by Gasteiger charge is -2.39. The van der Waals surface area contributed by atoms with Crippen LogP contribution in [0.3, 0.4) is 0 Å². The van der Waals surface area contributed by atoms with Crippen LogP contribution >= 0.6 is 0 Å². The SMILES string of the molecule is C=CCCC(NC(=O)C1CC2(CN1C(=O)C(NC(=O)C(NC(=O)C1CCCCN1CCF)C1CCCCC1)C(C)(C)C)C(C)(C)C21CCC1)C(=O)NS(=O)(=O)N1CCCC1. The Morgan fingerprint density at radius 1 is 0.817 bits per heavy atom. The first-order valence-corrected chi connectivity index (χ1v) is 24.2. The van der Waals surface area contributed by atoms with Gasteiger partial charge >= 0.3 is 10.2 Å². The molecule has 3 saturated carbocycles. The maximum atomic E-state index is 15.2. The highest BCUT2D eigenvalue weighted by atomic mass is 32.2. The minimum absolute atomic E-state index is 0.0387. The molecular weight excluding hydrogens is 790 g/mol. The van der Waals surface area contributed by atoms with E-state index < -0.39 is 76.1 Å². The Bertz CT molecular complexity index is 1730. The van der Waals surface area contributed by atoms with Gasteiger partial charge in [-0.15, -0.1) is 6.58 Å². The van der Waals surface area contributed by atoms with Crippen LogP contribution in [0, 0.1) is 27.6 Å². The van der Waals surface area contributed by atoms with Gasteiger partial charge in [0.2, 0.25) is 23.6 Å². The molecule has 16 heteroatoms. The molecule has 6 rings (SSSR count). The fourth-order valence-corrected chi connectivity index (χ4v) is 13.2. The molecule has 2 spiro atoms. The molecule has 3 heterocycles. The average Bonchev–Trinajstić information content (AvgIpc) is 3.69. The largest absolute Gasteiger partial charge is 0.343 e. The van der Waals surface area contributed by atoms with Gasteiger partial charge in [-0.3, -0.25) is 28.9 Å². The third-order valence-electron chi connectivity index (χ3n) is 15.7. The molecule has 0 aromatic heterocycles. The van der Waals surface area contributed by atoms with Crippen molar-refractivity contribution < 1.29 is 36.8 Å². The lowest BCUT2D eigenvalue weighted by molar-refractivity contribution is -0.145. The van der Waals surface area contributed by atoms with Crippen LogP contribution in [0.15, 0.2) is 12.7 Å². The van der Waals surface area contributed by atoms with Crippen molar-refractivity contribution in [2.45, 2.75) is 168 Å². The first-order chi connectivity index (χ1) is 28.3. The van der Waals surface area contributed by atoms with Crippen LogP contribution in [0.5, 0.6) is 0 Å². The molecule has 14 nitrogen and oxygen atoms in total. The molecule has 0 aromatic rings. The van der Waals surface area contributed by atoms with Gasteiger partial charge in [0.15, 0.2) is 0 Å². The zero-order chi connectivity index (χ0) is 43.7. The maximum absolute atomic E-state index is 15.2. The summed E-state index contributed by atoms with van der Waals surface area (Å²) in [5.74, 6) is -2.68. The highest BCUT2D eigenvalue weighted by Crippen LogP contribution is 2.88. The predicted octanol–water partition coefficient (Wildman–Crippen LogP) is 4.11. The number of likely N-dealkylation sites (tertiary alicyclic amines) is 2. The van der Waals surface area contributed by atoms with Gasteiger partial charge in [-0.1, -0.05) is 72.8 Å². The smallest absolute Gasteiger partial charge is 0.303 e. The number of nitrogens with one attached hydrogen (secondary N) is 4. The number of nitrogens with zero attached hydrogens (tertiary/aromatic N) is 3. The summed E-state index contributed by atoms with van der Waals surface area (Å²) < 4.78 is 43.1. The van der Waals surface area contributed by atoms with Gasteiger partial charge in [0.25, 0.3) is 5.91 Å². The van der Waals surface area contributed by atoms with Crippen molar-refractivity contribution in [1.82, 2.24) is 34.8 Å². The van der Waals surface area contributed by atoms with Gasteiger partial charge in [-0.25, -0.2) is 9.11 Å². The monoisotopic (exact) mass is 862 g/mol. The third-order valence-corrected chi connectivity index (χ3v) is 17.2. The number of carbonyl (C=O) groups is 5. The van der Waals surface area contributed by atoms with E-state index in [2.05, 4.69) is 41.1 Å². The summed E-state index contributed by atoms with van der Waals surface area (Å²) in [4.78, 5) is 75.5. The Morgan fingerprint density at radius 3 is 2.03 bits per heavy atom. The Morgan fingerprint density at radius 2 is 1.45 bits per heavy atom. The minimum atomic E-state index is -4.11. The molecule has 0 radical (unpaired) electrons. The second-order valence-corrected chi connectivity index (χ2v) is 21.9. The molecule has 6 atom stereocenters. The summed E-state index contributed by atoms with van der Waals surface area (Å²) in [7, 11) is -4.11. The van der Waals surface area contributed by atoms with E-state index in [-0.39, 0.29) is 41.0 Å². The van der Waals surface area contributed by atoms with E-state index in [1.165, 1.54) is 4.31 Å². The number of rotatable bonds is 16. The highest BCUT2D eigenvalue weighted by molar-refractivity contribution is 7.87. The molecule has 3 aliphatic carbocycles. The summed E-state index contributed by atoms with van der Waals surface area (Å²) >= 11 is 0.